The molecule has 1 saturated heterocycles. The minimum absolute atomic E-state index is 0.0733. The van der Waals surface area contributed by atoms with E-state index in [4.69, 9.17) is 4.74 Å². The Morgan fingerprint density at radius 3 is 2.54 bits per heavy atom. The number of hydrogen-bond donors (Lipinski definition) is 1. The van der Waals surface area contributed by atoms with Crippen LogP contribution in [0.25, 0.3) is 0 Å². The summed E-state index contributed by atoms with van der Waals surface area (Å²) in [5, 5.41) is 11.5. The van der Waals surface area contributed by atoms with Gasteiger partial charge in [0.1, 0.15) is 5.78 Å². The van der Waals surface area contributed by atoms with E-state index in [-0.39, 0.29) is 35.3 Å². The maximum absolute atomic E-state index is 12.9. The number of epoxide rings is 1. The van der Waals surface area contributed by atoms with Gasteiger partial charge in [-0.25, -0.2) is 0 Å². The van der Waals surface area contributed by atoms with E-state index in [9.17, 15) is 19.5 Å². The molecule has 0 bridgehead atoms. The highest BCUT2D eigenvalue weighted by Crippen LogP contribution is 2.71. The molecule has 1 spiro atoms. The predicted molar refractivity (Wildman–Crippen MR) is 83.0 cm³/mol. The molecule has 3 saturated carbocycles. The van der Waals surface area contributed by atoms with Crippen LogP contribution in [0.4, 0.5) is 0 Å². The molecule has 128 valence electrons. The number of allylic oxidation sites excluding steroid dienone is 1. The summed E-state index contributed by atoms with van der Waals surface area (Å²) >= 11 is 0. The third-order valence-electron chi connectivity index (χ3n) is 8.33. The van der Waals surface area contributed by atoms with Crippen molar-refractivity contribution in [3.05, 3.63) is 12.2 Å². The first-order chi connectivity index (χ1) is 11.2. The standard InChI is InChI=1S/C19H22O5/c1-16-7-5-10-11(18(16,23)8-6-12(16)20)9-15-19(24-15)14(22)4-3-13(21)17(10,19)2/h3-4,10-11,15,23H,5-9H2,1-2H3/t10?,11?,15-,16-,17+,18-,19-/m1/s1. The van der Waals surface area contributed by atoms with E-state index >= 15 is 0 Å². The lowest BCUT2D eigenvalue weighted by atomic mass is 9.44. The number of aliphatic hydroxyl groups is 1. The SMILES string of the molecule is C[C@]12CCC3C(C[C@H]4O[C@]45C(=O)C=CC(=O)[C@]35C)[C@]1(O)CCC2=O. The van der Waals surface area contributed by atoms with Crippen LogP contribution >= 0.6 is 0 Å². The van der Waals surface area contributed by atoms with Gasteiger partial charge in [0.15, 0.2) is 17.2 Å². The molecule has 1 heterocycles. The van der Waals surface area contributed by atoms with Crippen molar-refractivity contribution in [2.45, 2.75) is 63.3 Å². The quantitative estimate of drug-likeness (QED) is 0.678. The van der Waals surface area contributed by atoms with Gasteiger partial charge in [0, 0.05) is 6.42 Å². The molecule has 1 aliphatic heterocycles. The third-order valence-corrected chi connectivity index (χ3v) is 8.33. The molecule has 0 radical (unpaired) electrons. The van der Waals surface area contributed by atoms with Gasteiger partial charge in [-0.2, -0.15) is 0 Å². The maximum atomic E-state index is 12.9. The lowest BCUT2D eigenvalue weighted by Gasteiger charge is -2.58. The van der Waals surface area contributed by atoms with Crippen molar-refractivity contribution in [2.24, 2.45) is 22.7 Å². The lowest BCUT2D eigenvalue weighted by molar-refractivity contribution is -0.188. The Hall–Kier alpha value is -1.33. The molecule has 0 aromatic rings. The van der Waals surface area contributed by atoms with Gasteiger partial charge in [0.05, 0.1) is 22.5 Å². The number of rotatable bonds is 0. The number of ketones is 3. The molecule has 5 nitrogen and oxygen atoms in total. The normalized spacial score (nSPS) is 58.0. The van der Waals surface area contributed by atoms with Crippen LogP contribution < -0.4 is 0 Å². The number of hydrogen-bond acceptors (Lipinski definition) is 5. The summed E-state index contributed by atoms with van der Waals surface area (Å²) in [6.07, 6.45) is 5.09. The Kier molecular flexibility index (Phi) is 2.44. The van der Waals surface area contributed by atoms with Gasteiger partial charge < -0.3 is 9.84 Å². The van der Waals surface area contributed by atoms with Crippen LogP contribution in [-0.2, 0) is 19.1 Å². The van der Waals surface area contributed by atoms with Gasteiger partial charge in [0.25, 0.3) is 0 Å². The van der Waals surface area contributed by atoms with Gasteiger partial charge in [-0.15, -0.1) is 0 Å². The fourth-order valence-corrected chi connectivity index (χ4v) is 6.73. The van der Waals surface area contributed by atoms with Gasteiger partial charge in [-0.1, -0.05) is 0 Å². The Morgan fingerprint density at radius 1 is 1.08 bits per heavy atom. The Balaban J connectivity index is 1.66. The molecule has 5 rings (SSSR count). The highest BCUT2D eigenvalue weighted by molar-refractivity contribution is 6.15. The molecule has 2 unspecified atom stereocenters. The van der Waals surface area contributed by atoms with Crippen molar-refractivity contribution in [3.8, 4) is 0 Å². The molecular weight excluding hydrogens is 308 g/mol. The van der Waals surface area contributed by atoms with Gasteiger partial charge in [0.2, 0.25) is 0 Å². The summed E-state index contributed by atoms with van der Waals surface area (Å²) in [6.45, 7) is 3.72. The third kappa shape index (κ3) is 1.23. The van der Waals surface area contributed by atoms with Crippen molar-refractivity contribution in [1.29, 1.82) is 0 Å². The fourth-order valence-electron chi connectivity index (χ4n) is 6.73. The van der Waals surface area contributed by atoms with Crippen molar-refractivity contribution in [3.63, 3.8) is 0 Å². The maximum Gasteiger partial charge on any atom is 0.191 e. The molecule has 7 atom stereocenters. The molecule has 4 aliphatic carbocycles. The number of carbonyl (C=O) groups excluding carboxylic acids is 3. The Bertz CT molecular complexity index is 740. The minimum Gasteiger partial charge on any atom is -0.389 e. The van der Waals surface area contributed by atoms with Crippen LogP contribution in [0.5, 0.6) is 0 Å². The summed E-state index contributed by atoms with van der Waals surface area (Å²) in [4.78, 5) is 37.9. The zero-order chi connectivity index (χ0) is 17.1. The lowest BCUT2D eigenvalue weighted by Crippen LogP contribution is -2.67. The second-order valence-electron chi connectivity index (χ2n) is 8.77. The van der Waals surface area contributed by atoms with E-state index in [1.165, 1.54) is 12.2 Å². The highest BCUT2D eigenvalue weighted by atomic mass is 16.6. The Labute approximate surface area is 140 Å². The molecule has 5 aliphatic rings. The first kappa shape index (κ1) is 15.0. The summed E-state index contributed by atoms with van der Waals surface area (Å²) in [5.74, 6) is -0.349. The molecular formula is C19H22O5. The predicted octanol–water partition coefficient (Wildman–Crippen LogP) is 1.37. The highest BCUT2D eigenvalue weighted by Gasteiger charge is 2.82. The number of Topliss-reactive ketones (excluding diaryl/α,β-unsaturated/α-hetero) is 1. The minimum atomic E-state index is -1.08. The number of ether oxygens (including phenoxy) is 1. The van der Waals surface area contributed by atoms with Crippen LogP contribution in [0.2, 0.25) is 0 Å². The van der Waals surface area contributed by atoms with Gasteiger partial charge >= 0.3 is 0 Å². The fraction of sp³-hybridized carbons (Fsp3) is 0.737. The van der Waals surface area contributed by atoms with E-state index in [2.05, 4.69) is 0 Å². The van der Waals surface area contributed by atoms with Crippen molar-refractivity contribution >= 4 is 17.3 Å². The summed E-state index contributed by atoms with van der Waals surface area (Å²) in [5.41, 5.74) is -3.75. The zero-order valence-corrected chi connectivity index (χ0v) is 14.0. The average molecular weight is 330 g/mol. The molecule has 5 heteroatoms. The molecule has 24 heavy (non-hydrogen) atoms. The second kappa shape index (κ2) is 3.91. The van der Waals surface area contributed by atoms with Crippen LogP contribution in [0, 0.1) is 22.7 Å². The van der Waals surface area contributed by atoms with Gasteiger partial charge in [-0.3, -0.25) is 14.4 Å². The number of carbonyl (C=O) groups is 3. The monoisotopic (exact) mass is 330 g/mol. The smallest absolute Gasteiger partial charge is 0.191 e. The van der Waals surface area contributed by atoms with Crippen LogP contribution in [0.15, 0.2) is 12.2 Å². The van der Waals surface area contributed by atoms with Crippen molar-refractivity contribution in [1.82, 2.24) is 0 Å². The largest absolute Gasteiger partial charge is 0.389 e. The van der Waals surface area contributed by atoms with E-state index in [0.717, 1.165) is 0 Å². The molecule has 0 aromatic heterocycles. The number of fused-ring (bicyclic) bond motifs is 4. The van der Waals surface area contributed by atoms with Crippen molar-refractivity contribution in [2.75, 3.05) is 0 Å². The van der Waals surface area contributed by atoms with E-state index in [1.807, 2.05) is 13.8 Å². The van der Waals surface area contributed by atoms with Gasteiger partial charge in [-0.05, 0) is 63.5 Å². The molecule has 0 amide bonds. The van der Waals surface area contributed by atoms with E-state index < -0.39 is 22.0 Å². The second-order valence-corrected chi connectivity index (χ2v) is 8.77. The first-order valence-electron chi connectivity index (χ1n) is 8.92. The van der Waals surface area contributed by atoms with Crippen LogP contribution in [-0.4, -0.2) is 39.8 Å². The zero-order valence-electron chi connectivity index (χ0n) is 14.0. The molecule has 0 aromatic carbocycles. The summed E-state index contributed by atoms with van der Waals surface area (Å²) in [7, 11) is 0. The summed E-state index contributed by atoms with van der Waals surface area (Å²) in [6, 6.07) is 0. The average Bonchev–Trinajstić information content (AvgIpc) is 3.23. The van der Waals surface area contributed by atoms with Crippen molar-refractivity contribution < 1.29 is 24.2 Å². The topological polar surface area (TPSA) is 84.0 Å². The van der Waals surface area contributed by atoms with E-state index in [0.29, 0.717) is 32.1 Å². The summed E-state index contributed by atoms with van der Waals surface area (Å²) < 4.78 is 5.88. The molecule has 1 N–H and O–H groups in total. The van der Waals surface area contributed by atoms with Crippen LogP contribution in [0.1, 0.15) is 46.0 Å². The Morgan fingerprint density at radius 2 is 1.79 bits per heavy atom. The van der Waals surface area contributed by atoms with E-state index in [1.54, 1.807) is 0 Å². The molecule has 4 fully saturated rings. The van der Waals surface area contributed by atoms with Crippen LogP contribution in [0.3, 0.4) is 0 Å². The first-order valence-corrected chi connectivity index (χ1v) is 8.92.